The van der Waals surface area contributed by atoms with Gasteiger partial charge in [-0.25, -0.2) is 0 Å². The number of hydrogen-bond acceptors (Lipinski definition) is 3. The summed E-state index contributed by atoms with van der Waals surface area (Å²) in [5, 5.41) is 7.42. The number of unbranched alkanes of at least 4 members (excludes halogenated alkanes) is 5. The lowest BCUT2D eigenvalue weighted by Gasteiger charge is -2.00. The van der Waals surface area contributed by atoms with E-state index < -0.39 is 5.97 Å². The molecule has 0 rings (SSSR count). The molecule has 0 saturated heterocycles. The minimum Gasteiger partial charge on any atom is -0.481 e. The van der Waals surface area contributed by atoms with Crippen molar-refractivity contribution in [3.05, 3.63) is 24.3 Å². The molecular formula is C17H30O4. The summed E-state index contributed by atoms with van der Waals surface area (Å²) in [7, 11) is 0. The number of carbonyl (C=O) groups excluding carboxylic acids is 1. The van der Waals surface area contributed by atoms with Gasteiger partial charge < -0.3 is 9.84 Å². The highest BCUT2D eigenvalue weighted by molar-refractivity contribution is 5.65. The molecule has 0 spiro atoms. The van der Waals surface area contributed by atoms with Crippen LogP contribution in [0.4, 0.5) is 0 Å². The Balaban J connectivity index is 0. The van der Waals surface area contributed by atoms with E-state index in [-0.39, 0.29) is 5.97 Å². The molecule has 4 nitrogen and oxygen atoms in total. The van der Waals surface area contributed by atoms with Crippen LogP contribution in [0.1, 0.15) is 65.7 Å². The third-order valence-corrected chi connectivity index (χ3v) is 2.41. The van der Waals surface area contributed by atoms with E-state index in [0.29, 0.717) is 6.61 Å². The van der Waals surface area contributed by atoms with E-state index in [1.54, 1.807) is 0 Å². The smallest absolute Gasteiger partial charge is 0.302 e. The van der Waals surface area contributed by atoms with E-state index in [1.165, 1.54) is 32.6 Å². The van der Waals surface area contributed by atoms with Crippen LogP contribution in [0.25, 0.3) is 0 Å². The van der Waals surface area contributed by atoms with Crippen molar-refractivity contribution in [1.82, 2.24) is 0 Å². The zero-order valence-electron chi connectivity index (χ0n) is 13.6. The largest absolute Gasteiger partial charge is 0.481 e. The molecule has 0 radical (unpaired) electrons. The lowest BCUT2D eigenvalue weighted by molar-refractivity contribution is -0.141. The van der Waals surface area contributed by atoms with Gasteiger partial charge in [0.15, 0.2) is 0 Å². The van der Waals surface area contributed by atoms with Crippen molar-refractivity contribution in [2.24, 2.45) is 0 Å². The van der Waals surface area contributed by atoms with Crippen molar-refractivity contribution >= 4 is 11.9 Å². The van der Waals surface area contributed by atoms with Gasteiger partial charge in [0.1, 0.15) is 0 Å². The maximum Gasteiger partial charge on any atom is 0.302 e. The standard InChI is InChI=1S/C15H26O2.C2H4O2/c1-3-4-5-6-7-8-9-10-11-12-13-14-17-15(2)16;1-2(3)4/h5-8H,3-4,9-14H2,1-2H3;1H3,(H,3,4)/b6-5?,8-7-;. The Labute approximate surface area is 128 Å². The van der Waals surface area contributed by atoms with Gasteiger partial charge in [-0.1, -0.05) is 50.5 Å². The second-order valence-electron chi connectivity index (χ2n) is 4.71. The molecule has 4 heteroatoms. The number of carboxylic acids is 1. The van der Waals surface area contributed by atoms with Gasteiger partial charge in [-0.3, -0.25) is 9.59 Å². The molecule has 0 heterocycles. The van der Waals surface area contributed by atoms with Crippen LogP contribution in [0.5, 0.6) is 0 Å². The van der Waals surface area contributed by atoms with Crippen LogP contribution in [0.3, 0.4) is 0 Å². The molecule has 0 aliphatic carbocycles. The number of carboxylic acid groups (broad SMARTS) is 1. The van der Waals surface area contributed by atoms with E-state index in [1.807, 2.05) is 0 Å². The van der Waals surface area contributed by atoms with Gasteiger partial charge in [0.2, 0.25) is 0 Å². The van der Waals surface area contributed by atoms with Gasteiger partial charge >= 0.3 is 5.97 Å². The van der Waals surface area contributed by atoms with Crippen molar-refractivity contribution in [3.63, 3.8) is 0 Å². The lowest BCUT2D eigenvalue weighted by Crippen LogP contribution is -1.99. The minimum absolute atomic E-state index is 0.174. The highest BCUT2D eigenvalue weighted by atomic mass is 16.5. The summed E-state index contributed by atoms with van der Waals surface area (Å²) >= 11 is 0. The van der Waals surface area contributed by atoms with Crippen LogP contribution in [0.15, 0.2) is 24.3 Å². The van der Waals surface area contributed by atoms with E-state index >= 15 is 0 Å². The van der Waals surface area contributed by atoms with Crippen molar-refractivity contribution in [3.8, 4) is 0 Å². The quantitative estimate of drug-likeness (QED) is 0.366. The topological polar surface area (TPSA) is 63.6 Å². The minimum atomic E-state index is -0.833. The monoisotopic (exact) mass is 298 g/mol. The molecule has 0 aromatic heterocycles. The van der Waals surface area contributed by atoms with Crippen LogP contribution >= 0.6 is 0 Å². The third kappa shape index (κ3) is 32.2. The number of rotatable bonds is 10. The van der Waals surface area contributed by atoms with Crippen LogP contribution in [-0.2, 0) is 14.3 Å². The van der Waals surface area contributed by atoms with E-state index in [2.05, 4.69) is 31.2 Å². The molecule has 0 fully saturated rings. The lowest BCUT2D eigenvalue weighted by atomic mass is 10.1. The molecular weight excluding hydrogens is 268 g/mol. The van der Waals surface area contributed by atoms with Crippen molar-refractivity contribution in [2.45, 2.75) is 65.7 Å². The predicted octanol–water partition coefficient (Wildman–Crippen LogP) is 4.50. The summed E-state index contributed by atoms with van der Waals surface area (Å²) in [5.41, 5.74) is 0. The van der Waals surface area contributed by atoms with E-state index in [4.69, 9.17) is 14.6 Å². The van der Waals surface area contributed by atoms with Gasteiger partial charge in [0.05, 0.1) is 6.61 Å². The summed E-state index contributed by atoms with van der Waals surface area (Å²) in [5.74, 6) is -1.01. The number of carbonyl (C=O) groups is 2. The molecule has 122 valence electrons. The summed E-state index contributed by atoms with van der Waals surface area (Å²) in [4.78, 5) is 19.5. The maximum absolute atomic E-state index is 10.5. The zero-order valence-corrected chi connectivity index (χ0v) is 13.6. The van der Waals surface area contributed by atoms with Crippen molar-refractivity contribution < 1.29 is 19.4 Å². The highest BCUT2D eigenvalue weighted by Crippen LogP contribution is 2.04. The first-order valence-corrected chi connectivity index (χ1v) is 7.65. The van der Waals surface area contributed by atoms with Crippen molar-refractivity contribution in [1.29, 1.82) is 0 Å². The Morgan fingerprint density at radius 3 is 2.00 bits per heavy atom. The fourth-order valence-electron chi connectivity index (χ4n) is 1.45. The molecule has 0 saturated carbocycles. The first kappa shape index (κ1) is 21.7. The van der Waals surface area contributed by atoms with Gasteiger partial charge in [0, 0.05) is 13.8 Å². The van der Waals surface area contributed by atoms with Crippen molar-refractivity contribution in [2.75, 3.05) is 6.61 Å². The molecule has 0 bridgehead atoms. The van der Waals surface area contributed by atoms with Gasteiger partial charge in [-0.05, 0) is 25.7 Å². The zero-order chi connectivity index (χ0) is 16.3. The number of allylic oxidation sites excluding steroid dienone is 4. The molecule has 0 aliphatic rings. The average molecular weight is 298 g/mol. The molecule has 0 amide bonds. The Morgan fingerprint density at radius 2 is 1.48 bits per heavy atom. The normalized spacial score (nSPS) is 10.4. The van der Waals surface area contributed by atoms with Crippen LogP contribution < -0.4 is 0 Å². The molecule has 0 aromatic rings. The SMILES string of the molecule is CC(=O)O.CCCC=C/C=C\CCCCCCOC(C)=O. The van der Waals surface area contributed by atoms with Crippen LogP contribution in [0.2, 0.25) is 0 Å². The van der Waals surface area contributed by atoms with Crippen LogP contribution in [-0.4, -0.2) is 23.7 Å². The predicted molar refractivity (Wildman–Crippen MR) is 86.2 cm³/mol. The molecule has 0 atom stereocenters. The first-order valence-electron chi connectivity index (χ1n) is 7.65. The second-order valence-corrected chi connectivity index (χ2v) is 4.71. The Morgan fingerprint density at radius 1 is 0.952 bits per heavy atom. The summed E-state index contributed by atoms with van der Waals surface area (Å²) < 4.78 is 4.86. The average Bonchev–Trinajstić information content (AvgIpc) is 2.39. The summed E-state index contributed by atoms with van der Waals surface area (Å²) in [6, 6.07) is 0. The van der Waals surface area contributed by atoms with Crippen LogP contribution in [0, 0.1) is 0 Å². The number of esters is 1. The fourth-order valence-corrected chi connectivity index (χ4v) is 1.45. The fraction of sp³-hybridized carbons (Fsp3) is 0.647. The Bertz CT molecular complexity index is 302. The highest BCUT2D eigenvalue weighted by Gasteiger charge is 1.92. The maximum atomic E-state index is 10.5. The van der Waals surface area contributed by atoms with Gasteiger partial charge in [-0.2, -0.15) is 0 Å². The molecule has 0 aliphatic heterocycles. The molecule has 21 heavy (non-hydrogen) atoms. The molecule has 0 unspecified atom stereocenters. The first-order chi connectivity index (χ1) is 10.0. The number of aliphatic carboxylic acids is 1. The second kappa shape index (κ2) is 18.4. The number of ether oxygens (including phenoxy) is 1. The molecule has 0 aromatic carbocycles. The van der Waals surface area contributed by atoms with E-state index in [0.717, 1.165) is 26.2 Å². The third-order valence-electron chi connectivity index (χ3n) is 2.41. The van der Waals surface area contributed by atoms with Gasteiger partial charge in [-0.15, -0.1) is 0 Å². The Kier molecular flexibility index (Phi) is 19.0. The Hall–Kier alpha value is -1.58. The van der Waals surface area contributed by atoms with E-state index in [9.17, 15) is 4.79 Å². The summed E-state index contributed by atoms with van der Waals surface area (Å²) in [6.45, 7) is 5.30. The summed E-state index contributed by atoms with van der Waals surface area (Å²) in [6.07, 6.45) is 16.8. The molecule has 1 N–H and O–H groups in total. The van der Waals surface area contributed by atoms with Gasteiger partial charge in [0.25, 0.3) is 5.97 Å². The number of hydrogen-bond donors (Lipinski definition) is 1.